The van der Waals surface area contributed by atoms with E-state index in [1.807, 2.05) is 18.7 Å². The third-order valence-electron chi connectivity index (χ3n) is 3.89. The number of hydrogen-bond acceptors (Lipinski definition) is 2. The van der Waals surface area contributed by atoms with E-state index < -0.39 is 11.7 Å². The number of nitrogens with one attached hydrogen (secondary N) is 1. The standard InChI is InChI=1S/C16H19Cl2FN2O2/c1-9(2)16(23)21-5-3-10(4-6-21)20-15(22)11-7-14(19)13(18)8-12(11)17/h7-10H,3-6H2,1-2H3,(H,20,22). The molecule has 1 aliphatic rings. The lowest BCUT2D eigenvalue weighted by atomic mass is 10.0. The average Bonchev–Trinajstić information content (AvgIpc) is 2.50. The summed E-state index contributed by atoms with van der Waals surface area (Å²) >= 11 is 11.6. The van der Waals surface area contributed by atoms with E-state index in [9.17, 15) is 14.0 Å². The Morgan fingerprint density at radius 3 is 2.39 bits per heavy atom. The van der Waals surface area contributed by atoms with Crippen LogP contribution in [0.3, 0.4) is 0 Å². The number of likely N-dealkylation sites (tertiary alicyclic amines) is 1. The van der Waals surface area contributed by atoms with E-state index in [1.54, 1.807) is 0 Å². The fourth-order valence-corrected chi connectivity index (χ4v) is 3.04. The van der Waals surface area contributed by atoms with Gasteiger partial charge in [0.2, 0.25) is 5.91 Å². The first kappa shape index (κ1) is 18.0. The van der Waals surface area contributed by atoms with Crippen molar-refractivity contribution >= 4 is 35.0 Å². The Balaban J connectivity index is 1.95. The lowest BCUT2D eigenvalue weighted by molar-refractivity contribution is -0.135. The van der Waals surface area contributed by atoms with Crippen molar-refractivity contribution in [2.45, 2.75) is 32.7 Å². The summed E-state index contributed by atoms with van der Waals surface area (Å²) in [6.45, 7) is 4.94. The number of piperidine rings is 1. The summed E-state index contributed by atoms with van der Waals surface area (Å²) in [7, 11) is 0. The summed E-state index contributed by atoms with van der Waals surface area (Å²) in [6, 6.07) is 2.20. The number of carbonyl (C=O) groups is 2. The van der Waals surface area contributed by atoms with Crippen molar-refractivity contribution in [2.75, 3.05) is 13.1 Å². The third kappa shape index (κ3) is 4.36. The first-order valence-corrected chi connectivity index (χ1v) is 8.29. The number of amides is 2. The highest BCUT2D eigenvalue weighted by Crippen LogP contribution is 2.24. The van der Waals surface area contributed by atoms with Gasteiger partial charge >= 0.3 is 0 Å². The van der Waals surface area contributed by atoms with Gasteiger partial charge in [0.1, 0.15) is 5.82 Å². The van der Waals surface area contributed by atoms with E-state index in [-0.39, 0.29) is 33.5 Å². The van der Waals surface area contributed by atoms with Crippen LogP contribution in [0.1, 0.15) is 37.0 Å². The Labute approximate surface area is 144 Å². The zero-order valence-electron chi connectivity index (χ0n) is 13.0. The third-order valence-corrected chi connectivity index (χ3v) is 4.49. The van der Waals surface area contributed by atoms with E-state index in [0.717, 1.165) is 6.07 Å². The van der Waals surface area contributed by atoms with E-state index in [1.165, 1.54) is 6.07 Å². The number of halogens is 3. The maximum Gasteiger partial charge on any atom is 0.253 e. The minimum absolute atomic E-state index is 0.0306. The second-order valence-corrected chi connectivity index (χ2v) is 6.79. The van der Waals surface area contributed by atoms with E-state index >= 15 is 0 Å². The maximum atomic E-state index is 13.5. The predicted molar refractivity (Wildman–Crippen MR) is 88.3 cm³/mol. The van der Waals surface area contributed by atoms with Crippen LogP contribution in [-0.4, -0.2) is 35.8 Å². The molecule has 0 bridgehead atoms. The van der Waals surface area contributed by atoms with Crippen molar-refractivity contribution < 1.29 is 14.0 Å². The molecule has 2 rings (SSSR count). The molecule has 1 aromatic rings. The zero-order valence-corrected chi connectivity index (χ0v) is 14.5. The van der Waals surface area contributed by atoms with Crippen molar-refractivity contribution in [1.82, 2.24) is 10.2 Å². The quantitative estimate of drug-likeness (QED) is 0.838. The maximum absolute atomic E-state index is 13.5. The topological polar surface area (TPSA) is 49.4 Å². The number of hydrogen-bond donors (Lipinski definition) is 1. The SMILES string of the molecule is CC(C)C(=O)N1CCC(NC(=O)c2cc(F)c(Cl)cc2Cl)CC1. The van der Waals surface area contributed by atoms with Crippen LogP contribution in [-0.2, 0) is 4.79 Å². The first-order valence-electron chi connectivity index (χ1n) is 7.53. The van der Waals surface area contributed by atoms with Crippen LogP contribution in [0.2, 0.25) is 10.0 Å². The van der Waals surface area contributed by atoms with Gasteiger partial charge in [0, 0.05) is 25.0 Å². The molecule has 1 aromatic carbocycles. The Kier molecular flexibility index (Phi) is 5.87. The smallest absolute Gasteiger partial charge is 0.253 e. The fraction of sp³-hybridized carbons (Fsp3) is 0.500. The van der Waals surface area contributed by atoms with Crippen LogP contribution in [0.4, 0.5) is 4.39 Å². The molecule has 0 spiro atoms. The molecule has 0 aliphatic carbocycles. The van der Waals surface area contributed by atoms with Gasteiger partial charge in [-0.1, -0.05) is 37.0 Å². The van der Waals surface area contributed by atoms with Crippen LogP contribution in [0, 0.1) is 11.7 Å². The second-order valence-electron chi connectivity index (χ2n) is 5.97. The minimum atomic E-state index is -0.682. The van der Waals surface area contributed by atoms with Gasteiger partial charge < -0.3 is 10.2 Å². The molecular formula is C16H19Cl2FN2O2. The largest absolute Gasteiger partial charge is 0.349 e. The van der Waals surface area contributed by atoms with E-state index in [2.05, 4.69) is 5.32 Å². The summed E-state index contributed by atoms with van der Waals surface area (Å²) < 4.78 is 13.5. The summed E-state index contributed by atoms with van der Waals surface area (Å²) in [5.74, 6) is -1.02. The molecule has 1 fully saturated rings. The molecule has 0 aromatic heterocycles. The number of benzene rings is 1. The normalized spacial score (nSPS) is 15.8. The van der Waals surface area contributed by atoms with Crippen LogP contribution in [0.5, 0.6) is 0 Å². The van der Waals surface area contributed by atoms with Crippen molar-refractivity contribution in [3.8, 4) is 0 Å². The van der Waals surface area contributed by atoms with Crippen molar-refractivity contribution in [1.29, 1.82) is 0 Å². The highest BCUT2D eigenvalue weighted by Gasteiger charge is 2.26. The number of carbonyl (C=O) groups excluding carboxylic acids is 2. The molecule has 23 heavy (non-hydrogen) atoms. The van der Waals surface area contributed by atoms with Gasteiger partial charge in [-0.3, -0.25) is 9.59 Å². The molecule has 126 valence electrons. The van der Waals surface area contributed by atoms with Gasteiger partial charge in [0.05, 0.1) is 15.6 Å². The summed E-state index contributed by atoms with van der Waals surface area (Å²) in [5, 5.41) is 2.83. The molecule has 1 aliphatic heterocycles. The van der Waals surface area contributed by atoms with Crippen molar-refractivity contribution in [3.05, 3.63) is 33.6 Å². The minimum Gasteiger partial charge on any atom is -0.349 e. The highest BCUT2D eigenvalue weighted by atomic mass is 35.5. The molecule has 0 atom stereocenters. The van der Waals surface area contributed by atoms with Gasteiger partial charge in [-0.05, 0) is 25.0 Å². The Morgan fingerprint density at radius 1 is 1.22 bits per heavy atom. The Hall–Kier alpha value is -1.33. The molecule has 1 heterocycles. The van der Waals surface area contributed by atoms with Gasteiger partial charge in [-0.2, -0.15) is 0 Å². The molecule has 0 radical (unpaired) electrons. The average molecular weight is 361 g/mol. The lowest BCUT2D eigenvalue weighted by Crippen LogP contribution is -2.47. The first-order chi connectivity index (χ1) is 10.8. The van der Waals surface area contributed by atoms with Gasteiger partial charge in [0.25, 0.3) is 5.91 Å². The molecule has 1 saturated heterocycles. The van der Waals surface area contributed by atoms with Gasteiger partial charge in [-0.15, -0.1) is 0 Å². The highest BCUT2D eigenvalue weighted by molar-refractivity contribution is 6.36. The number of nitrogens with zero attached hydrogens (tertiary/aromatic N) is 1. The van der Waals surface area contributed by atoms with E-state index in [4.69, 9.17) is 23.2 Å². The molecule has 4 nitrogen and oxygen atoms in total. The summed E-state index contributed by atoms with van der Waals surface area (Å²) in [4.78, 5) is 26.0. The Morgan fingerprint density at radius 2 is 1.83 bits per heavy atom. The van der Waals surface area contributed by atoms with Crippen molar-refractivity contribution in [2.24, 2.45) is 5.92 Å². The van der Waals surface area contributed by atoms with Gasteiger partial charge in [0.15, 0.2) is 0 Å². The fourth-order valence-electron chi connectivity index (χ4n) is 2.57. The molecular weight excluding hydrogens is 342 g/mol. The lowest BCUT2D eigenvalue weighted by Gasteiger charge is -2.33. The van der Waals surface area contributed by atoms with Crippen LogP contribution < -0.4 is 5.32 Å². The number of rotatable bonds is 3. The molecule has 7 heteroatoms. The monoisotopic (exact) mass is 360 g/mol. The summed E-state index contributed by atoms with van der Waals surface area (Å²) in [5.41, 5.74) is 0.0641. The molecule has 2 amide bonds. The molecule has 1 N–H and O–H groups in total. The predicted octanol–water partition coefficient (Wildman–Crippen LogP) is 3.51. The summed E-state index contributed by atoms with van der Waals surface area (Å²) in [6.07, 6.45) is 1.33. The Bertz CT molecular complexity index is 614. The molecule has 0 saturated carbocycles. The zero-order chi connectivity index (χ0) is 17.1. The van der Waals surface area contributed by atoms with Crippen LogP contribution >= 0.6 is 23.2 Å². The van der Waals surface area contributed by atoms with Crippen molar-refractivity contribution in [3.63, 3.8) is 0 Å². The molecule has 0 unspecified atom stereocenters. The van der Waals surface area contributed by atoms with Crippen LogP contribution in [0.25, 0.3) is 0 Å². The second kappa shape index (κ2) is 7.49. The van der Waals surface area contributed by atoms with Gasteiger partial charge in [-0.25, -0.2) is 4.39 Å². The van der Waals surface area contributed by atoms with E-state index in [0.29, 0.717) is 25.9 Å². The van der Waals surface area contributed by atoms with Crippen LogP contribution in [0.15, 0.2) is 12.1 Å².